The summed E-state index contributed by atoms with van der Waals surface area (Å²) in [5.41, 5.74) is 2.13. The van der Waals surface area contributed by atoms with E-state index < -0.39 is 18.5 Å². The maximum Gasteiger partial charge on any atom is 0.186 e. The Labute approximate surface area is 166 Å². The lowest BCUT2D eigenvalue weighted by atomic mass is 9.87. The van der Waals surface area contributed by atoms with Crippen molar-refractivity contribution in [1.82, 2.24) is 0 Å². The highest BCUT2D eigenvalue weighted by atomic mass is 16.7. The summed E-state index contributed by atoms with van der Waals surface area (Å²) in [5.74, 6) is -0.103. The van der Waals surface area contributed by atoms with Crippen LogP contribution in [0.2, 0.25) is 0 Å². The van der Waals surface area contributed by atoms with E-state index in [-0.39, 0.29) is 12.0 Å². The van der Waals surface area contributed by atoms with Gasteiger partial charge in [-0.2, -0.15) is 0 Å². The largest absolute Gasteiger partial charge is 0.370 e. The molecule has 0 aliphatic carbocycles. The molecule has 5 nitrogen and oxygen atoms in total. The first-order valence-electron chi connectivity index (χ1n) is 9.71. The number of ether oxygens (including phenoxy) is 4. The Hall–Kier alpha value is -2.05. The van der Waals surface area contributed by atoms with Gasteiger partial charge in [0.25, 0.3) is 0 Å². The summed E-state index contributed by atoms with van der Waals surface area (Å²) in [6, 6.07) is 19.9. The summed E-state index contributed by atoms with van der Waals surface area (Å²) in [6.45, 7) is 2.89. The summed E-state index contributed by atoms with van der Waals surface area (Å²) in [4.78, 5) is 11.6. The smallest absolute Gasteiger partial charge is 0.186 e. The van der Waals surface area contributed by atoms with Crippen LogP contribution in [0.25, 0.3) is 0 Å². The maximum atomic E-state index is 11.6. The monoisotopic (exact) mass is 384 g/mol. The molecule has 0 aromatic heterocycles. The first-order chi connectivity index (χ1) is 13.8. The van der Waals surface area contributed by atoms with Gasteiger partial charge < -0.3 is 23.7 Å². The van der Waals surface area contributed by atoms with Crippen LogP contribution in [-0.4, -0.2) is 38.0 Å². The molecule has 1 saturated heterocycles. The number of hydrogen-bond acceptors (Lipinski definition) is 5. The third-order valence-electron chi connectivity index (χ3n) is 5.14. The van der Waals surface area contributed by atoms with Gasteiger partial charge in [0.1, 0.15) is 18.5 Å². The number of hydrogen-bond donors (Lipinski definition) is 0. The van der Waals surface area contributed by atoms with Gasteiger partial charge in [-0.15, -0.1) is 0 Å². The molecule has 1 aliphatic heterocycles. The van der Waals surface area contributed by atoms with Gasteiger partial charge >= 0.3 is 0 Å². The molecule has 0 unspecified atom stereocenters. The minimum Gasteiger partial charge on any atom is -0.370 e. The minimum atomic E-state index is -0.664. The molecular weight excluding hydrogens is 356 g/mol. The van der Waals surface area contributed by atoms with Crippen molar-refractivity contribution in [2.24, 2.45) is 5.92 Å². The van der Waals surface area contributed by atoms with Crippen LogP contribution in [0.3, 0.4) is 0 Å². The quantitative estimate of drug-likeness (QED) is 0.616. The second-order valence-electron chi connectivity index (χ2n) is 6.94. The normalized spacial score (nSPS) is 27.4. The maximum absolute atomic E-state index is 11.6. The van der Waals surface area contributed by atoms with Crippen LogP contribution in [0.5, 0.6) is 0 Å². The average Bonchev–Trinajstić information content (AvgIpc) is 2.76. The first-order valence-corrected chi connectivity index (χ1v) is 9.71. The van der Waals surface area contributed by atoms with E-state index in [1.54, 1.807) is 7.11 Å². The zero-order chi connectivity index (χ0) is 19.8. The van der Waals surface area contributed by atoms with Crippen LogP contribution in [0.1, 0.15) is 24.5 Å². The van der Waals surface area contributed by atoms with Crippen LogP contribution in [0, 0.1) is 5.92 Å². The third-order valence-corrected chi connectivity index (χ3v) is 5.14. The molecule has 3 rings (SSSR count). The summed E-state index contributed by atoms with van der Waals surface area (Å²) >= 11 is 0. The molecule has 0 spiro atoms. The molecule has 5 atom stereocenters. The summed E-state index contributed by atoms with van der Waals surface area (Å²) in [6.07, 6.45) is -0.413. The zero-order valence-corrected chi connectivity index (χ0v) is 16.4. The van der Waals surface area contributed by atoms with E-state index in [9.17, 15) is 4.79 Å². The van der Waals surface area contributed by atoms with Gasteiger partial charge in [-0.05, 0) is 17.5 Å². The second kappa shape index (κ2) is 10.5. The van der Waals surface area contributed by atoms with Crippen molar-refractivity contribution < 1.29 is 23.7 Å². The molecule has 5 heteroatoms. The molecule has 0 amide bonds. The Balaban J connectivity index is 1.78. The van der Waals surface area contributed by atoms with Crippen molar-refractivity contribution in [3.8, 4) is 0 Å². The number of carbonyl (C=O) groups is 1. The van der Waals surface area contributed by atoms with E-state index in [0.29, 0.717) is 13.2 Å². The van der Waals surface area contributed by atoms with E-state index in [0.717, 1.165) is 23.8 Å². The summed E-state index contributed by atoms with van der Waals surface area (Å²) in [7, 11) is 1.56. The SMILES string of the molecule is CC[C@@H]1[C@@H](OCc2ccccc2)[C@@H](OCc2ccccc2)[C@@H](OC)O[C@@H]1C=O. The van der Waals surface area contributed by atoms with E-state index in [4.69, 9.17) is 18.9 Å². The van der Waals surface area contributed by atoms with Crippen LogP contribution in [-0.2, 0) is 37.0 Å². The number of benzene rings is 2. The summed E-state index contributed by atoms with van der Waals surface area (Å²) < 4.78 is 23.9. The number of rotatable bonds is 9. The fraction of sp³-hybridized carbons (Fsp3) is 0.435. The van der Waals surface area contributed by atoms with Crippen LogP contribution >= 0.6 is 0 Å². The van der Waals surface area contributed by atoms with E-state index in [1.165, 1.54) is 0 Å². The highest BCUT2D eigenvalue weighted by Gasteiger charge is 2.46. The Morgan fingerprint density at radius 1 is 0.893 bits per heavy atom. The lowest BCUT2D eigenvalue weighted by Crippen LogP contribution is -2.57. The molecule has 2 aromatic carbocycles. The van der Waals surface area contributed by atoms with Crippen molar-refractivity contribution in [2.75, 3.05) is 7.11 Å². The predicted molar refractivity (Wildman–Crippen MR) is 106 cm³/mol. The highest BCUT2D eigenvalue weighted by molar-refractivity contribution is 5.57. The van der Waals surface area contributed by atoms with Crippen LogP contribution in [0.4, 0.5) is 0 Å². The molecule has 0 N–H and O–H groups in total. The lowest BCUT2D eigenvalue weighted by Gasteiger charge is -2.44. The Bertz CT molecular complexity index is 705. The van der Waals surface area contributed by atoms with E-state index in [2.05, 4.69) is 0 Å². The molecule has 1 fully saturated rings. The third kappa shape index (κ3) is 5.06. The molecule has 0 bridgehead atoms. The first kappa shape index (κ1) is 20.7. The van der Waals surface area contributed by atoms with Crippen LogP contribution < -0.4 is 0 Å². The Morgan fingerprint density at radius 2 is 1.43 bits per heavy atom. The molecule has 28 heavy (non-hydrogen) atoms. The Morgan fingerprint density at radius 3 is 1.89 bits per heavy atom. The van der Waals surface area contributed by atoms with Crippen LogP contribution in [0.15, 0.2) is 60.7 Å². The average molecular weight is 384 g/mol. The van der Waals surface area contributed by atoms with Crippen molar-refractivity contribution >= 4 is 6.29 Å². The fourth-order valence-corrected chi connectivity index (χ4v) is 3.63. The van der Waals surface area contributed by atoms with Crippen molar-refractivity contribution in [1.29, 1.82) is 0 Å². The Kier molecular flexibility index (Phi) is 7.74. The lowest BCUT2D eigenvalue weighted by molar-refractivity contribution is -0.292. The second-order valence-corrected chi connectivity index (χ2v) is 6.94. The zero-order valence-electron chi connectivity index (χ0n) is 16.4. The molecule has 150 valence electrons. The standard InChI is InChI=1S/C23H28O5/c1-3-19-20(14-24)28-23(25-2)22(27-16-18-12-8-5-9-13-18)21(19)26-15-17-10-6-4-7-11-17/h4-14,19-23H,3,15-16H2,1-2H3/t19-,20+,21+,22+,23-/m0/s1. The molecular formula is C23H28O5. The number of methoxy groups -OCH3 is 1. The van der Waals surface area contributed by atoms with Gasteiger partial charge in [-0.25, -0.2) is 0 Å². The minimum absolute atomic E-state index is 0.103. The van der Waals surface area contributed by atoms with Crippen molar-refractivity contribution in [3.63, 3.8) is 0 Å². The highest BCUT2D eigenvalue weighted by Crippen LogP contribution is 2.33. The molecule has 0 radical (unpaired) electrons. The topological polar surface area (TPSA) is 54.0 Å². The predicted octanol–water partition coefficient (Wildman–Crippen LogP) is 3.75. The van der Waals surface area contributed by atoms with Gasteiger partial charge in [0.05, 0.1) is 19.3 Å². The van der Waals surface area contributed by atoms with Gasteiger partial charge in [-0.3, -0.25) is 0 Å². The van der Waals surface area contributed by atoms with Gasteiger partial charge in [0.15, 0.2) is 6.29 Å². The molecule has 2 aromatic rings. The fourth-order valence-electron chi connectivity index (χ4n) is 3.63. The molecule has 1 heterocycles. The van der Waals surface area contributed by atoms with Crippen molar-refractivity contribution in [3.05, 3.63) is 71.8 Å². The molecule has 0 saturated carbocycles. The number of carbonyl (C=O) groups excluding carboxylic acids is 1. The van der Waals surface area contributed by atoms with Gasteiger partial charge in [0.2, 0.25) is 0 Å². The molecule has 1 aliphatic rings. The summed E-state index contributed by atoms with van der Waals surface area (Å²) in [5, 5.41) is 0. The number of aldehydes is 1. The van der Waals surface area contributed by atoms with E-state index in [1.807, 2.05) is 67.6 Å². The van der Waals surface area contributed by atoms with Gasteiger partial charge in [0, 0.05) is 13.0 Å². The van der Waals surface area contributed by atoms with Crippen molar-refractivity contribution in [2.45, 2.75) is 51.2 Å². The van der Waals surface area contributed by atoms with Gasteiger partial charge in [-0.1, -0.05) is 67.6 Å². The van der Waals surface area contributed by atoms with E-state index >= 15 is 0 Å².